The summed E-state index contributed by atoms with van der Waals surface area (Å²) < 4.78 is 5.73. The molecular formula is C28H25NO4. The van der Waals surface area contributed by atoms with Crippen LogP contribution in [0.3, 0.4) is 0 Å². The molecule has 5 heteroatoms. The van der Waals surface area contributed by atoms with Crippen LogP contribution < -0.4 is 10.1 Å². The number of fused-ring (bicyclic) bond motifs is 1. The summed E-state index contributed by atoms with van der Waals surface area (Å²) in [5.74, 6) is -0.580. The number of carboxylic acids is 1. The molecule has 0 aliphatic heterocycles. The molecule has 2 aromatic carbocycles. The fourth-order valence-corrected chi connectivity index (χ4v) is 3.77. The Morgan fingerprint density at radius 3 is 2.30 bits per heavy atom. The van der Waals surface area contributed by atoms with Crippen molar-refractivity contribution in [2.24, 2.45) is 0 Å². The lowest BCUT2D eigenvalue weighted by atomic mass is 10.0. The number of carboxylic acid groups (broad SMARTS) is 1. The second-order valence-electron chi connectivity index (χ2n) is 7.87. The first-order chi connectivity index (χ1) is 16.0. The minimum Gasteiger partial charge on any atom is -0.491 e. The summed E-state index contributed by atoms with van der Waals surface area (Å²) in [5, 5.41) is 11.8. The summed E-state index contributed by atoms with van der Waals surface area (Å²) in [6.45, 7) is 2.30. The maximum Gasteiger partial charge on any atom is 0.303 e. The number of amides is 1. The van der Waals surface area contributed by atoms with Gasteiger partial charge in [-0.2, -0.15) is 0 Å². The van der Waals surface area contributed by atoms with Gasteiger partial charge in [0.15, 0.2) is 0 Å². The summed E-state index contributed by atoms with van der Waals surface area (Å²) in [5.41, 5.74) is 6.24. The Kier molecular flexibility index (Phi) is 6.69. The minimum atomic E-state index is -0.860. The molecule has 0 atom stereocenters. The van der Waals surface area contributed by atoms with Gasteiger partial charge in [-0.05, 0) is 53.8 Å². The van der Waals surface area contributed by atoms with Crippen molar-refractivity contribution in [2.75, 3.05) is 11.9 Å². The first-order valence-electron chi connectivity index (χ1n) is 10.9. The molecule has 166 valence electrons. The first kappa shape index (κ1) is 22.1. The van der Waals surface area contributed by atoms with E-state index in [4.69, 9.17) is 9.84 Å². The highest BCUT2D eigenvalue weighted by atomic mass is 16.5. The van der Waals surface area contributed by atoms with Crippen molar-refractivity contribution < 1.29 is 19.4 Å². The minimum absolute atomic E-state index is 0.0346. The summed E-state index contributed by atoms with van der Waals surface area (Å²) in [7, 11) is 0. The van der Waals surface area contributed by atoms with Crippen LogP contribution in [-0.2, 0) is 4.79 Å². The van der Waals surface area contributed by atoms with Gasteiger partial charge in [-0.15, -0.1) is 0 Å². The number of anilines is 1. The topological polar surface area (TPSA) is 75.6 Å². The van der Waals surface area contributed by atoms with Crippen LogP contribution in [0.15, 0.2) is 84.9 Å². The van der Waals surface area contributed by atoms with Crippen LogP contribution in [-0.4, -0.2) is 23.6 Å². The predicted molar refractivity (Wildman–Crippen MR) is 130 cm³/mol. The summed E-state index contributed by atoms with van der Waals surface area (Å²) >= 11 is 0. The zero-order valence-electron chi connectivity index (χ0n) is 18.4. The average molecular weight is 440 g/mol. The molecule has 5 nitrogen and oxygen atoms in total. The lowest BCUT2D eigenvalue weighted by Crippen LogP contribution is -2.13. The monoisotopic (exact) mass is 439 g/mol. The molecule has 0 fully saturated rings. The van der Waals surface area contributed by atoms with E-state index in [1.54, 1.807) is 12.1 Å². The number of ether oxygens (including phenoxy) is 1. The third-order valence-corrected chi connectivity index (χ3v) is 5.44. The standard InChI is InChI=1S/C28H25NO4/c1-19-13-15-20(16-14-19)23-18-24(22-9-4-2-3-8-21(22)23)28(32)29-25-10-5-6-11-26(25)33-17-7-12-27(30)31/h2-6,8-11,13-16,18H,7,12,17H2,1H3,(H,29,32)(H,30,31). The maximum atomic E-state index is 13.4. The van der Waals surface area contributed by atoms with Crippen LogP contribution >= 0.6 is 0 Å². The van der Waals surface area contributed by atoms with Gasteiger partial charge in [0.1, 0.15) is 5.75 Å². The van der Waals surface area contributed by atoms with Crippen LogP contribution in [0.1, 0.15) is 28.8 Å². The van der Waals surface area contributed by atoms with Gasteiger partial charge >= 0.3 is 5.97 Å². The van der Waals surface area contributed by atoms with Gasteiger partial charge in [-0.1, -0.05) is 72.3 Å². The number of aliphatic carboxylic acids is 1. The highest BCUT2D eigenvalue weighted by Gasteiger charge is 2.21. The first-order valence-corrected chi connectivity index (χ1v) is 10.9. The number of hydrogen-bond acceptors (Lipinski definition) is 3. The van der Waals surface area contributed by atoms with Gasteiger partial charge in [0, 0.05) is 12.0 Å². The Labute approximate surface area is 193 Å². The third-order valence-electron chi connectivity index (χ3n) is 5.44. The fourth-order valence-electron chi connectivity index (χ4n) is 3.77. The second kappa shape index (κ2) is 10.0. The summed E-state index contributed by atoms with van der Waals surface area (Å²) in [6.07, 6.45) is 0.425. The third kappa shape index (κ3) is 5.21. The highest BCUT2D eigenvalue weighted by molar-refractivity contribution is 6.12. The number of nitrogens with one attached hydrogen (secondary N) is 1. The normalized spacial score (nSPS) is 10.7. The van der Waals surface area contributed by atoms with Crippen LogP contribution in [0.25, 0.3) is 22.3 Å². The van der Waals surface area contributed by atoms with E-state index in [-0.39, 0.29) is 18.9 Å². The molecule has 33 heavy (non-hydrogen) atoms. The van der Waals surface area contributed by atoms with Crippen molar-refractivity contribution in [3.8, 4) is 28.0 Å². The molecule has 2 N–H and O–H groups in total. The molecule has 4 rings (SSSR count). The molecule has 0 unspecified atom stereocenters. The van der Waals surface area contributed by atoms with E-state index < -0.39 is 5.97 Å². The van der Waals surface area contributed by atoms with E-state index in [1.165, 1.54) is 5.56 Å². The van der Waals surface area contributed by atoms with Crippen molar-refractivity contribution in [3.63, 3.8) is 0 Å². The Balaban J connectivity index is 1.62. The van der Waals surface area contributed by atoms with Crippen LogP contribution in [0.2, 0.25) is 0 Å². The van der Waals surface area contributed by atoms with Crippen molar-refractivity contribution >= 4 is 17.6 Å². The van der Waals surface area contributed by atoms with Gasteiger partial charge in [0.05, 0.1) is 12.3 Å². The highest BCUT2D eigenvalue weighted by Crippen LogP contribution is 2.39. The van der Waals surface area contributed by atoms with Gasteiger partial charge in [-0.25, -0.2) is 0 Å². The molecular weight excluding hydrogens is 414 g/mol. The lowest BCUT2D eigenvalue weighted by molar-refractivity contribution is -0.137. The van der Waals surface area contributed by atoms with Crippen LogP contribution in [0, 0.1) is 6.92 Å². The van der Waals surface area contributed by atoms with Crippen molar-refractivity contribution in [3.05, 3.63) is 96.1 Å². The maximum absolute atomic E-state index is 13.4. The Morgan fingerprint density at radius 1 is 0.848 bits per heavy atom. The predicted octanol–water partition coefficient (Wildman–Crippen LogP) is 6.26. The van der Waals surface area contributed by atoms with Crippen molar-refractivity contribution in [2.45, 2.75) is 19.8 Å². The second-order valence-corrected chi connectivity index (χ2v) is 7.87. The molecule has 2 aromatic rings. The molecule has 2 aliphatic rings. The molecule has 0 aromatic heterocycles. The lowest BCUT2D eigenvalue weighted by Gasteiger charge is -2.12. The molecule has 0 heterocycles. The van der Waals surface area contributed by atoms with Gasteiger partial charge in [0.2, 0.25) is 0 Å². The average Bonchev–Trinajstić information content (AvgIpc) is 2.99. The Bertz CT molecular complexity index is 1250. The Hall–Kier alpha value is -4.12. The SMILES string of the molecule is Cc1ccc(-c2cc(C(=O)Nc3ccccc3OCCCC(=O)O)c3cccccc2-3)cc1. The quantitative estimate of drug-likeness (QED) is 0.318. The molecule has 2 aliphatic carbocycles. The zero-order chi connectivity index (χ0) is 23.2. The van der Waals surface area contributed by atoms with E-state index in [0.29, 0.717) is 23.4 Å². The van der Waals surface area contributed by atoms with E-state index >= 15 is 0 Å². The number of aryl methyl sites for hydroxylation is 1. The van der Waals surface area contributed by atoms with E-state index in [0.717, 1.165) is 22.3 Å². The number of rotatable bonds is 8. The zero-order valence-corrected chi connectivity index (χ0v) is 18.4. The molecule has 0 saturated heterocycles. The largest absolute Gasteiger partial charge is 0.491 e. The smallest absolute Gasteiger partial charge is 0.303 e. The van der Waals surface area contributed by atoms with Crippen LogP contribution in [0.4, 0.5) is 5.69 Å². The number of carbonyl (C=O) groups is 2. The van der Waals surface area contributed by atoms with Crippen molar-refractivity contribution in [1.82, 2.24) is 0 Å². The number of benzene rings is 2. The van der Waals surface area contributed by atoms with E-state index in [1.807, 2.05) is 55.5 Å². The summed E-state index contributed by atoms with van der Waals surface area (Å²) in [6, 6.07) is 27.2. The molecule has 0 spiro atoms. The summed E-state index contributed by atoms with van der Waals surface area (Å²) in [4.78, 5) is 24.1. The van der Waals surface area contributed by atoms with Crippen molar-refractivity contribution in [1.29, 1.82) is 0 Å². The van der Waals surface area contributed by atoms with E-state index in [9.17, 15) is 9.59 Å². The van der Waals surface area contributed by atoms with Gasteiger partial charge in [0.25, 0.3) is 5.91 Å². The number of para-hydroxylation sites is 2. The Morgan fingerprint density at radius 2 is 1.55 bits per heavy atom. The molecule has 1 amide bonds. The van der Waals surface area contributed by atoms with Gasteiger partial charge in [-0.3, -0.25) is 9.59 Å². The molecule has 0 bridgehead atoms. The molecule has 0 saturated carbocycles. The molecule has 0 radical (unpaired) electrons. The van der Waals surface area contributed by atoms with Gasteiger partial charge < -0.3 is 15.2 Å². The van der Waals surface area contributed by atoms with Crippen LogP contribution in [0.5, 0.6) is 5.75 Å². The number of hydrogen-bond donors (Lipinski definition) is 2. The fraction of sp³-hybridized carbons (Fsp3) is 0.143. The number of carbonyl (C=O) groups excluding carboxylic acids is 1. The van der Waals surface area contributed by atoms with E-state index in [2.05, 4.69) is 29.6 Å².